The van der Waals surface area contributed by atoms with Gasteiger partial charge in [-0.05, 0) is 19.4 Å². The minimum Gasteiger partial charge on any atom is -0.383 e. The molecule has 0 saturated heterocycles. The summed E-state index contributed by atoms with van der Waals surface area (Å²) in [4.78, 5) is 0. The Kier molecular flexibility index (Phi) is 3.46. The molecule has 13 heavy (non-hydrogen) atoms. The molecule has 0 aromatic heterocycles. The molecule has 0 fully saturated rings. The van der Waals surface area contributed by atoms with Crippen LogP contribution in [0.25, 0.3) is 0 Å². The van der Waals surface area contributed by atoms with Gasteiger partial charge in [0.05, 0.1) is 12.6 Å². The first-order chi connectivity index (χ1) is 6.13. The summed E-state index contributed by atoms with van der Waals surface area (Å²) >= 11 is 0. The van der Waals surface area contributed by atoms with Crippen LogP contribution in [0.1, 0.15) is 22.7 Å². The van der Waals surface area contributed by atoms with E-state index >= 15 is 0 Å². The molecule has 1 rings (SSSR count). The first-order valence-corrected chi connectivity index (χ1v) is 4.46. The zero-order chi connectivity index (χ0) is 9.84. The van der Waals surface area contributed by atoms with Crippen molar-refractivity contribution >= 4 is 0 Å². The van der Waals surface area contributed by atoms with Gasteiger partial charge in [0.25, 0.3) is 0 Å². The molecular weight excluding hydrogens is 162 g/mol. The van der Waals surface area contributed by atoms with E-state index in [-0.39, 0.29) is 6.04 Å². The highest BCUT2D eigenvalue weighted by Crippen LogP contribution is 2.14. The zero-order valence-electron chi connectivity index (χ0n) is 8.50. The van der Waals surface area contributed by atoms with E-state index in [4.69, 9.17) is 10.5 Å². The van der Waals surface area contributed by atoms with Crippen LogP contribution in [-0.4, -0.2) is 13.7 Å². The van der Waals surface area contributed by atoms with Crippen molar-refractivity contribution in [3.05, 3.63) is 34.9 Å². The summed E-state index contributed by atoms with van der Waals surface area (Å²) in [5.74, 6) is 0. The maximum atomic E-state index is 5.92. The van der Waals surface area contributed by atoms with Crippen molar-refractivity contribution in [2.24, 2.45) is 5.73 Å². The average Bonchev–Trinajstić information content (AvgIpc) is 2.03. The van der Waals surface area contributed by atoms with Gasteiger partial charge < -0.3 is 10.5 Å². The van der Waals surface area contributed by atoms with Crippen molar-refractivity contribution in [3.63, 3.8) is 0 Å². The molecule has 0 aliphatic carbocycles. The molecule has 2 heteroatoms. The Morgan fingerprint density at radius 3 is 2.23 bits per heavy atom. The second-order valence-corrected chi connectivity index (χ2v) is 3.48. The molecule has 0 amide bonds. The molecule has 2 nitrogen and oxygen atoms in total. The molecule has 2 N–H and O–H groups in total. The molecule has 72 valence electrons. The lowest BCUT2D eigenvalue weighted by molar-refractivity contribution is 0.181. The van der Waals surface area contributed by atoms with Gasteiger partial charge in [-0.2, -0.15) is 0 Å². The molecule has 1 atom stereocenters. The van der Waals surface area contributed by atoms with Gasteiger partial charge in [-0.1, -0.05) is 29.3 Å². The number of hydrogen-bond donors (Lipinski definition) is 1. The fourth-order valence-corrected chi connectivity index (χ4v) is 1.50. The van der Waals surface area contributed by atoms with Gasteiger partial charge in [0.15, 0.2) is 0 Å². The Morgan fingerprint density at radius 1 is 1.23 bits per heavy atom. The van der Waals surface area contributed by atoms with E-state index in [9.17, 15) is 0 Å². The van der Waals surface area contributed by atoms with E-state index in [1.165, 1.54) is 11.1 Å². The lowest BCUT2D eigenvalue weighted by Gasteiger charge is -2.12. The summed E-state index contributed by atoms with van der Waals surface area (Å²) in [5, 5.41) is 0. The standard InChI is InChI=1S/C11H17NO/c1-8-4-9(2)6-10(5-8)11(12)7-13-3/h4-6,11H,7,12H2,1-3H3/t11-/m1/s1. The minimum atomic E-state index is -0.0106. The van der Waals surface area contributed by atoms with Gasteiger partial charge in [0, 0.05) is 7.11 Å². The van der Waals surface area contributed by atoms with Gasteiger partial charge in [-0.25, -0.2) is 0 Å². The summed E-state index contributed by atoms with van der Waals surface area (Å²) in [6.45, 7) is 4.73. The Balaban J connectivity index is 2.87. The molecule has 0 spiro atoms. The topological polar surface area (TPSA) is 35.2 Å². The first-order valence-electron chi connectivity index (χ1n) is 4.46. The highest BCUT2D eigenvalue weighted by Gasteiger charge is 2.05. The molecule has 1 aromatic carbocycles. The number of methoxy groups -OCH3 is 1. The molecule has 1 aromatic rings. The summed E-state index contributed by atoms with van der Waals surface area (Å²) in [6, 6.07) is 6.35. The van der Waals surface area contributed by atoms with Gasteiger partial charge in [-0.3, -0.25) is 0 Å². The number of rotatable bonds is 3. The molecule has 0 aliphatic heterocycles. The van der Waals surface area contributed by atoms with Crippen molar-refractivity contribution < 1.29 is 4.74 Å². The fourth-order valence-electron chi connectivity index (χ4n) is 1.50. The number of hydrogen-bond acceptors (Lipinski definition) is 2. The van der Waals surface area contributed by atoms with Crippen molar-refractivity contribution in [2.75, 3.05) is 13.7 Å². The Labute approximate surface area is 79.7 Å². The van der Waals surface area contributed by atoms with E-state index in [0.717, 1.165) is 5.56 Å². The van der Waals surface area contributed by atoms with Gasteiger partial charge in [0.1, 0.15) is 0 Å². The maximum absolute atomic E-state index is 5.92. The highest BCUT2D eigenvalue weighted by atomic mass is 16.5. The van der Waals surface area contributed by atoms with E-state index in [0.29, 0.717) is 6.61 Å². The van der Waals surface area contributed by atoms with Gasteiger partial charge in [0.2, 0.25) is 0 Å². The monoisotopic (exact) mass is 179 g/mol. The minimum absolute atomic E-state index is 0.0106. The number of nitrogens with two attached hydrogens (primary N) is 1. The van der Waals surface area contributed by atoms with E-state index in [2.05, 4.69) is 32.0 Å². The third-order valence-electron chi connectivity index (χ3n) is 2.02. The molecule has 0 bridgehead atoms. The highest BCUT2D eigenvalue weighted by molar-refractivity contribution is 5.30. The Morgan fingerprint density at radius 2 is 1.77 bits per heavy atom. The van der Waals surface area contributed by atoms with Crippen molar-refractivity contribution in [1.82, 2.24) is 0 Å². The molecule has 0 heterocycles. The molecule has 0 aliphatic rings. The predicted octanol–water partition coefficient (Wildman–Crippen LogP) is 1.95. The molecule has 0 unspecified atom stereocenters. The predicted molar refractivity (Wildman–Crippen MR) is 54.7 cm³/mol. The number of aryl methyl sites for hydroxylation is 2. The Bertz CT molecular complexity index is 263. The second-order valence-electron chi connectivity index (χ2n) is 3.48. The van der Waals surface area contributed by atoms with Crippen LogP contribution in [-0.2, 0) is 4.74 Å². The number of ether oxygens (including phenoxy) is 1. The third-order valence-corrected chi connectivity index (χ3v) is 2.02. The quantitative estimate of drug-likeness (QED) is 0.769. The molecule has 0 radical (unpaired) electrons. The normalized spacial score (nSPS) is 12.9. The smallest absolute Gasteiger partial charge is 0.0655 e. The molecule has 0 saturated carbocycles. The van der Waals surface area contributed by atoms with Crippen LogP contribution in [0, 0.1) is 13.8 Å². The average molecular weight is 179 g/mol. The molecular formula is C11H17NO. The van der Waals surface area contributed by atoms with E-state index < -0.39 is 0 Å². The van der Waals surface area contributed by atoms with Gasteiger partial charge in [-0.15, -0.1) is 0 Å². The summed E-state index contributed by atoms with van der Waals surface area (Å²) < 4.78 is 5.01. The van der Waals surface area contributed by atoms with Crippen LogP contribution in [0.4, 0.5) is 0 Å². The Hall–Kier alpha value is -0.860. The van der Waals surface area contributed by atoms with Crippen molar-refractivity contribution in [1.29, 1.82) is 0 Å². The van der Waals surface area contributed by atoms with E-state index in [1.54, 1.807) is 7.11 Å². The van der Waals surface area contributed by atoms with Crippen LogP contribution in [0.5, 0.6) is 0 Å². The van der Waals surface area contributed by atoms with Crippen LogP contribution < -0.4 is 5.73 Å². The van der Waals surface area contributed by atoms with Crippen molar-refractivity contribution in [3.8, 4) is 0 Å². The van der Waals surface area contributed by atoms with Crippen LogP contribution >= 0.6 is 0 Å². The first kappa shape index (κ1) is 10.2. The second kappa shape index (κ2) is 4.40. The number of benzene rings is 1. The van der Waals surface area contributed by atoms with Crippen LogP contribution in [0.3, 0.4) is 0 Å². The SMILES string of the molecule is COC[C@@H](N)c1cc(C)cc(C)c1. The lowest BCUT2D eigenvalue weighted by Crippen LogP contribution is -2.16. The maximum Gasteiger partial charge on any atom is 0.0655 e. The fraction of sp³-hybridized carbons (Fsp3) is 0.455. The van der Waals surface area contributed by atoms with Gasteiger partial charge >= 0.3 is 0 Å². The third kappa shape index (κ3) is 2.83. The van der Waals surface area contributed by atoms with Crippen molar-refractivity contribution in [2.45, 2.75) is 19.9 Å². The van der Waals surface area contributed by atoms with Crippen LogP contribution in [0.15, 0.2) is 18.2 Å². The van der Waals surface area contributed by atoms with Crippen LogP contribution in [0.2, 0.25) is 0 Å². The summed E-state index contributed by atoms with van der Waals surface area (Å²) in [6.07, 6.45) is 0. The zero-order valence-corrected chi connectivity index (χ0v) is 8.50. The summed E-state index contributed by atoms with van der Waals surface area (Å²) in [7, 11) is 1.67. The largest absolute Gasteiger partial charge is 0.383 e. The summed E-state index contributed by atoms with van der Waals surface area (Å²) in [5.41, 5.74) is 9.57. The van der Waals surface area contributed by atoms with E-state index in [1.807, 2.05) is 0 Å². The lowest BCUT2D eigenvalue weighted by atomic mass is 10.0.